The fourth-order valence-corrected chi connectivity index (χ4v) is 6.26. The zero-order valence-electron chi connectivity index (χ0n) is 20.1. The van der Waals surface area contributed by atoms with E-state index in [0.717, 1.165) is 36.3 Å². The van der Waals surface area contributed by atoms with E-state index in [0.29, 0.717) is 11.9 Å². The molecule has 2 aromatic heterocycles. The quantitative estimate of drug-likeness (QED) is 0.334. The number of hydrogen-bond donors (Lipinski definition) is 1. The van der Waals surface area contributed by atoms with Crippen LogP contribution < -0.4 is 5.32 Å². The number of nitrogens with one attached hydrogen (secondary N) is 1. The van der Waals surface area contributed by atoms with Crippen molar-refractivity contribution in [3.05, 3.63) is 40.7 Å². The van der Waals surface area contributed by atoms with Crippen LogP contribution in [-0.4, -0.2) is 39.2 Å². The highest BCUT2D eigenvalue weighted by Crippen LogP contribution is 2.40. The molecule has 0 spiro atoms. The van der Waals surface area contributed by atoms with Gasteiger partial charge in [0.25, 0.3) is 0 Å². The van der Waals surface area contributed by atoms with Gasteiger partial charge in [-0.15, -0.1) is 5.10 Å². The molecule has 2 aliphatic rings. The van der Waals surface area contributed by atoms with Crippen molar-refractivity contribution in [1.82, 2.24) is 24.5 Å². The van der Waals surface area contributed by atoms with Gasteiger partial charge in [-0.25, -0.2) is 4.68 Å². The van der Waals surface area contributed by atoms with Gasteiger partial charge in [0.2, 0.25) is 11.1 Å². The maximum Gasteiger partial charge on any atom is 0.228 e. The Morgan fingerprint density at radius 3 is 2.45 bits per heavy atom. The van der Waals surface area contributed by atoms with E-state index in [1.165, 1.54) is 65.4 Å². The molecule has 0 bridgehead atoms. The molecule has 0 unspecified atom stereocenters. The van der Waals surface area contributed by atoms with Gasteiger partial charge in [-0.2, -0.15) is 10.1 Å². The fourth-order valence-electron chi connectivity index (χ4n) is 4.71. The second kappa shape index (κ2) is 9.27. The maximum absolute atomic E-state index is 6.06. The largest absolute Gasteiger partial charge is 0.359 e. The average molecular weight is 483 g/mol. The van der Waals surface area contributed by atoms with E-state index in [2.05, 4.69) is 36.1 Å². The molecule has 176 valence electrons. The molecule has 3 aromatic rings. The van der Waals surface area contributed by atoms with Crippen molar-refractivity contribution in [3.8, 4) is 0 Å². The van der Waals surface area contributed by atoms with Gasteiger partial charge in [-0.3, -0.25) is 4.68 Å². The van der Waals surface area contributed by atoms with Crippen molar-refractivity contribution < 1.29 is 4.74 Å². The Morgan fingerprint density at radius 2 is 1.82 bits per heavy atom. The van der Waals surface area contributed by atoms with Crippen LogP contribution in [0.1, 0.15) is 35.1 Å². The summed E-state index contributed by atoms with van der Waals surface area (Å²) in [5.41, 5.74) is 7.27. The topological polar surface area (TPSA) is 69.8 Å². The SMILES string of the molecule is Cn1cc(Sc2nc(Nc3c4c(cc5c3CCC5)CCC4)n(COCC[Si](C)(C)C)n2)cn1. The number of fused-ring (bicyclic) bond motifs is 2. The lowest BCUT2D eigenvalue weighted by atomic mass is 9.99. The fraction of sp³-hybridized carbons (Fsp3) is 0.542. The minimum Gasteiger partial charge on any atom is -0.359 e. The first-order chi connectivity index (χ1) is 15.9. The van der Waals surface area contributed by atoms with Crippen LogP contribution in [0.2, 0.25) is 25.7 Å². The molecule has 9 heteroatoms. The van der Waals surface area contributed by atoms with Crippen LogP contribution in [0.5, 0.6) is 0 Å². The molecule has 0 atom stereocenters. The van der Waals surface area contributed by atoms with Crippen LogP contribution >= 0.6 is 11.8 Å². The zero-order valence-corrected chi connectivity index (χ0v) is 22.0. The Balaban J connectivity index is 1.42. The molecule has 0 saturated carbocycles. The van der Waals surface area contributed by atoms with Crippen LogP contribution in [-0.2, 0) is 44.2 Å². The Morgan fingerprint density at radius 1 is 1.09 bits per heavy atom. The lowest BCUT2D eigenvalue weighted by molar-refractivity contribution is 0.0792. The molecule has 1 N–H and O–H groups in total. The first kappa shape index (κ1) is 22.7. The predicted molar refractivity (Wildman–Crippen MR) is 135 cm³/mol. The first-order valence-electron chi connectivity index (χ1n) is 12.0. The van der Waals surface area contributed by atoms with E-state index >= 15 is 0 Å². The second-order valence-electron chi connectivity index (χ2n) is 10.4. The van der Waals surface area contributed by atoms with Crippen molar-refractivity contribution in [1.29, 1.82) is 0 Å². The third-order valence-corrected chi connectivity index (χ3v) is 8.97. The van der Waals surface area contributed by atoms with Crippen LogP contribution in [0.25, 0.3) is 0 Å². The van der Waals surface area contributed by atoms with E-state index in [1.807, 2.05) is 24.1 Å². The molecule has 0 aliphatic heterocycles. The monoisotopic (exact) mass is 482 g/mol. The van der Waals surface area contributed by atoms with Crippen LogP contribution in [0, 0.1) is 0 Å². The number of rotatable bonds is 9. The van der Waals surface area contributed by atoms with Gasteiger partial charge in [0.1, 0.15) is 6.73 Å². The van der Waals surface area contributed by atoms with Crippen LogP contribution in [0.4, 0.5) is 11.6 Å². The molecule has 0 saturated heterocycles. The highest BCUT2D eigenvalue weighted by molar-refractivity contribution is 7.99. The average Bonchev–Trinajstić information content (AvgIpc) is 3.53. The molecule has 2 heterocycles. The second-order valence-corrected chi connectivity index (χ2v) is 17.0. The standard InChI is InChI=1S/C24H34N6OSSi/c1-29-15-19(14-25-29)32-24-27-23(30(28-24)16-31-11-12-33(2,3)4)26-22-20-9-5-7-17(20)13-18-8-6-10-21(18)22/h13-15H,5-12,16H2,1-4H3,(H,26,27,28). The van der Waals surface area contributed by atoms with Gasteiger partial charge >= 0.3 is 0 Å². The number of anilines is 2. The number of nitrogens with zero attached hydrogens (tertiary/aromatic N) is 5. The van der Waals surface area contributed by atoms with E-state index in [4.69, 9.17) is 14.8 Å². The summed E-state index contributed by atoms with van der Waals surface area (Å²) in [6, 6.07) is 3.60. The molecule has 5 rings (SSSR count). The normalized spacial score (nSPS) is 15.2. The van der Waals surface area contributed by atoms with E-state index in [9.17, 15) is 0 Å². The van der Waals surface area contributed by atoms with Crippen molar-refractivity contribution in [2.24, 2.45) is 7.05 Å². The molecule has 0 amide bonds. The van der Waals surface area contributed by atoms with Gasteiger partial charge in [-0.1, -0.05) is 25.7 Å². The highest BCUT2D eigenvalue weighted by atomic mass is 32.2. The number of aromatic nitrogens is 5. The van der Waals surface area contributed by atoms with Crippen molar-refractivity contribution >= 4 is 31.5 Å². The maximum atomic E-state index is 6.06. The Hall–Kier alpha value is -2.10. The van der Waals surface area contributed by atoms with Crippen molar-refractivity contribution in [2.45, 2.75) is 81.0 Å². The summed E-state index contributed by atoms with van der Waals surface area (Å²) in [5.74, 6) is 0.767. The van der Waals surface area contributed by atoms with E-state index in [1.54, 1.807) is 4.68 Å². The van der Waals surface area contributed by atoms with Gasteiger partial charge < -0.3 is 10.1 Å². The van der Waals surface area contributed by atoms with Crippen LogP contribution in [0.3, 0.4) is 0 Å². The minimum atomic E-state index is -1.14. The van der Waals surface area contributed by atoms with E-state index in [-0.39, 0.29) is 0 Å². The third kappa shape index (κ3) is 5.20. The summed E-state index contributed by atoms with van der Waals surface area (Å²) in [7, 11) is 0.786. The first-order valence-corrected chi connectivity index (χ1v) is 16.5. The molecule has 0 radical (unpaired) electrons. The Kier molecular flexibility index (Phi) is 6.37. The van der Waals surface area contributed by atoms with Crippen LogP contribution in [0.15, 0.2) is 28.5 Å². The molecule has 33 heavy (non-hydrogen) atoms. The zero-order chi connectivity index (χ0) is 23.0. The summed E-state index contributed by atoms with van der Waals surface area (Å²) in [4.78, 5) is 5.91. The number of aryl methyl sites for hydroxylation is 3. The molecule has 2 aliphatic carbocycles. The third-order valence-electron chi connectivity index (χ3n) is 6.46. The summed E-state index contributed by atoms with van der Waals surface area (Å²) >= 11 is 1.53. The molecular formula is C24H34N6OSSi. The molecular weight excluding hydrogens is 448 g/mol. The summed E-state index contributed by atoms with van der Waals surface area (Å²) in [6.07, 6.45) is 11.0. The minimum absolute atomic E-state index is 0.407. The number of benzene rings is 1. The summed E-state index contributed by atoms with van der Waals surface area (Å²) in [5, 5.41) is 13.5. The van der Waals surface area contributed by atoms with Gasteiger partial charge in [-0.05, 0) is 78.6 Å². The van der Waals surface area contributed by atoms with Gasteiger partial charge in [0, 0.05) is 33.6 Å². The van der Waals surface area contributed by atoms with E-state index < -0.39 is 8.07 Å². The lowest BCUT2D eigenvalue weighted by Gasteiger charge is -2.18. The number of hydrogen-bond acceptors (Lipinski definition) is 6. The summed E-state index contributed by atoms with van der Waals surface area (Å²) < 4.78 is 9.74. The van der Waals surface area contributed by atoms with Crippen molar-refractivity contribution in [3.63, 3.8) is 0 Å². The van der Waals surface area contributed by atoms with Gasteiger partial charge in [0.15, 0.2) is 0 Å². The van der Waals surface area contributed by atoms with Crippen molar-refractivity contribution in [2.75, 3.05) is 11.9 Å². The molecule has 7 nitrogen and oxygen atoms in total. The molecule has 1 aromatic carbocycles. The smallest absolute Gasteiger partial charge is 0.228 e. The van der Waals surface area contributed by atoms with Gasteiger partial charge in [0.05, 0.1) is 11.1 Å². The number of ether oxygens (including phenoxy) is 1. The Bertz CT molecular complexity index is 1120. The molecule has 0 fully saturated rings. The predicted octanol–water partition coefficient (Wildman–Crippen LogP) is 5.20. The highest BCUT2D eigenvalue weighted by Gasteiger charge is 2.25. The summed E-state index contributed by atoms with van der Waals surface area (Å²) in [6.45, 7) is 8.29. The Labute approximate surface area is 201 Å². The lowest BCUT2D eigenvalue weighted by Crippen LogP contribution is -2.22.